The summed E-state index contributed by atoms with van der Waals surface area (Å²) >= 11 is 1.47. The average Bonchev–Trinajstić information content (AvgIpc) is 2.53. The Balaban J connectivity index is 2.81. The van der Waals surface area contributed by atoms with Gasteiger partial charge in [-0.15, -0.1) is 0 Å². The van der Waals surface area contributed by atoms with Gasteiger partial charge in [0.2, 0.25) is 0 Å². The van der Waals surface area contributed by atoms with E-state index in [0.717, 1.165) is 0 Å². The van der Waals surface area contributed by atoms with E-state index in [9.17, 15) is 4.79 Å². The van der Waals surface area contributed by atoms with Crippen LogP contribution in [0.5, 0.6) is 0 Å². The second-order valence-electron chi connectivity index (χ2n) is 2.23. The van der Waals surface area contributed by atoms with Crippen molar-refractivity contribution in [3.8, 4) is 6.07 Å². The van der Waals surface area contributed by atoms with E-state index in [1.165, 1.54) is 11.3 Å². The molecule has 0 aliphatic carbocycles. The number of ketones is 1. The molecule has 56 valence electrons. The summed E-state index contributed by atoms with van der Waals surface area (Å²) < 4.78 is 0. The van der Waals surface area contributed by atoms with Crippen LogP contribution in [0.25, 0.3) is 0 Å². The Hall–Kier alpha value is -1.14. The zero-order chi connectivity index (χ0) is 8.27. The maximum Gasteiger partial charge on any atom is 0.180 e. The smallest absolute Gasteiger partial charge is 0.180 e. The molecule has 1 aromatic heterocycles. The Kier molecular flexibility index (Phi) is 2.40. The molecule has 0 saturated heterocycles. The topological polar surface area (TPSA) is 40.9 Å². The number of carbonyl (C=O) groups is 1. The van der Waals surface area contributed by atoms with E-state index >= 15 is 0 Å². The van der Waals surface area contributed by atoms with Crippen molar-refractivity contribution in [1.29, 1.82) is 5.26 Å². The van der Waals surface area contributed by atoms with Gasteiger partial charge in [0.1, 0.15) is 5.92 Å². The normalized spacial score (nSPS) is 12.0. The molecular formula is C8H7NOS. The Bertz CT molecular complexity index is 284. The van der Waals surface area contributed by atoms with Gasteiger partial charge in [0.05, 0.1) is 6.07 Å². The molecule has 3 heteroatoms. The van der Waals surface area contributed by atoms with Gasteiger partial charge in [-0.1, -0.05) is 0 Å². The van der Waals surface area contributed by atoms with Crippen LogP contribution in [-0.2, 0) is 0 Å². The number of nitriles is 1. The lowest BCUT2D eigenvalue weighted by Crippen LogP contribution is -2.07. The Morgan fingerprint density at radius 3 is 3.00 bits per heavy atom. The predicted molar refractivity (Wildman–Crippen MR) is 43.4 cm³/mol. The van der Waals surface area contributed by atoms with Gasteiger partial charge in [-0.3, -0.25) is 4.79 Å². The number of carbonyl (C=O) groups excluding carboxylic acids is 1. The van der Waals surface area contributed by atoms with Gasteiger partial charge in [0.15, 0.2) is 5.78 Å². The summed E-state index contributed by atoms with van der Waals surface area (Å²) in [6, 6.07) is 3.64. The first-order valence-corrected chi connectivity index (χ1v) is 4.16. The molecule has 1 aromatic rings. The molecule has 0 aromatic carbocycles. The standard InChI is InChI=1S/C8H7NOS/c1-6(4-9)8(10)7-2-3-11-5-7/h2-3,5-6H,1H3/t6-/m0/s1. The molecule has 0 saturated carbocycles. The second kappa shape index (κ2) is 3.31. The molecular weight excluding hydrogens is 158 g/mol. The molecule has 0 aliphatic heterocycles. The quantitative estimate of drug-likeness (QED) is 0.629. The monoisotopic (exact) mass is 165 g/mol. The van der Waals surface area contributed by atoms with E-state index in [2.05, 4.69) is 0 Å². The minimum absolute atomic E-state index is 0.0891. The lowest BCUT2D eigenvalue weighted by molar-refractivity contribution is 0.0957. The van der Waals surface area contributed by atoms with Gasteiger partial charge in [0.25, 0.3) is 0 Å². The van der Waals surface area contributed by atoms with Gasteiger partial charge < -0.3 is 0 Å². The fourth-order valence-electron chi connectivity index (χ4n) is 0.713. The maximum absolute atomic E-state index is 11.2. The van der Waals surface area contributed by atoms with Crippen molar-refractivity contribution >= 4 is 17.1 Å². The minimum atomic E-state index is -0.524. The SMILES string of the molecule is C[C@@H](C#N)C(=O)c1ccsc1. The molecule has 11 heavy (non-hydrogen) atoms. The van der Waals surface area contributed by atoms with Crippen molar-refractivity contribution in [1.82, 2.24) is 0 Å². The molecule has 1 heterocycles. The number of thiophene rings is 1. The summed E-state index contributed by atoms with van der Waals surface area (Å²) in [6.45, 7) is 1.61. The lowest BCUT2D eigenvalue weighted by atomic mass is 10.0. The first kappa shape index (κ1) is 7.96. The molecule has 1 rings (SSSR count). The fourth-order valence-corrected chi connectivity index (χ4v) is 1.36. The molecule has 0 unspecified atom stereocenters. The van der Waals surface area contributed by atoms with Crippen LogP contribution >= 0.6 is 11.3 Å². The van der Waals surface area contributed by atoms with E-state index in [1.807, 2.05) is 11.4 Å². The van der Waals surface area contributed by atoms with E-state index in [1.54, 1.807) is 18.4 Å². The molecule has 1 atom stereocenters. The fraction of sp³-hybridized carbons (Fsp3) is 0.250. The molecule has 0 spiro atoms. The van der Waals surface area contributed by atoms with Crippen LogP contribution in [0.2, 0.25) is 0 Å². The van der Waals surface area contributed by atoms with Crippen LogP contribution < -0.4 is 0 Å². The van der Waals surface area contributed by atoms with Gasteiger partial charge in [-0.2, -0.15) is 16.6 Å². The van der Waals surface area contributed by atoms with Crippen LogP contribution in [0.1, 0.15) is 17.3 Å². The van der Waals surface area contributed by atoms with Crippen molar-refractivity contribution in [3.05, 3.63) is 22.4 Å². The number of rotatable bonds is 2. The highest BCUT2D eigenvalue weighted by atomic mass is 32.1. The van der Waals surface area contributed by atoms with Crippen molar-refractivity contribution in [2.24, 2.45) is 5.92 Å². The summed E-state index contributed by atoms with van der Waals surface area (Å²) in [5.41, 5.74) is 0.643. The molecule has 0 aliphatic rings. The van der Waals surface area contributed by atoms with Crippen LogP contribution in [-0.4, -0.2) is 5.78 Å². The van der Waals surface area contributed by atoms with E-state index in [4.69, 9.17) is 5.26 Å². The average molecular weight is 165 g/mol. The minimum Gasteiger partial charge on any atom is -0.293 e. The highest BCUT2D eigenvalue weighted by Crippen LogP contribution is 2.11. The number of Topliss-reactive ketones (excluding diaryl/α,β-unsaturated/α-hetero) is 1. The molecule has 2 nitrogen and oxygen atoms in total. The van der Waals surface area contributed by atoms with Gasteiger partial charge in [-0.25, -0.2) is 0 Å². The zero-order valence-electron chi connectivity index (χ0n) is 6.07. The maximum atomic E-state index is 11.2. The molecule has 0 fully saturated rings. The summed E-state index contributed by atoms with van der Waals surface area (Å²) in [6.07, 6.45) is 0. The van der Waals surface area contributed by atoms with E-state index < -0.39 is 5.92 Å². The molecule has 0 bridgehead atoms. The Morgan fingerprint density at radius 1 is 1.82 bits per heavy atom. The van der Waals surface area contributed by atoms with Crippen molar-refractivity contribution in [3.63, 3.8) is 0 Å². The summed E-state index contributed by atoms with van der Waals surface area (Å²) in [4.78, 5) is 11.2. The summed E-state index contributed by atoms with van der Waals surface area (Å²) in [7, 11) is 0. The van der Waals surface area contributed by atoms with Crippen molar-refractivity contribution in [2.75, 3.05) is 0 Å². The third kappa shape index (κ3) is 1.66. The van der Waals surface area contributed by atoms with E-state index in [0.29, 0.717) is 5.56 Å². The summed E-state index contributed by atoms with van der Waals surface area (Å²) in [5, 5.41) is 12.0. The Labute approximate surface area is 69.1 Å². The van der Waals surface area contributed by atoms with Crippen LogP contribution in [0.3, 0.4) is 0 Å². The van der Waals surface area contributed by atoms with E-state index in [-0.39, 0.29) is 5.78 Å². The highest BCUT2D eigenvalue weighted by molar-refractivity contribution is 7.08. The third-order valence-corrected chi connectivity index (χ3v) is 2.08. The Morgan fingerprint density at radius 2 is 2.55 bits per heavy atom. The van der Waals surface area contributed by atoms with Crippen LogP contribution in [0.4, 0.5) is 0 Å². The number of nitrogens with zero attached hydrogens (tertiary/aromatic N) is 1. The van der Waals surface area contributed by atoms with Gasteiger partial charge in [0, 0.05) is 10.9 Å². The highest BCUT2D eigenvalue weighted by Gasteiger charge is 2.13. The molecule has 0 amide bonds. The first-order valence-electron chi connectivity index (χ1n) is 3.21. The number of hydrogen-bond donors (Lipinski definition) is 0. The predicted octanol–water partition coefficient (Wildman–Crippen LogP) is 2.09. The van der Waals surface area contributed by atoms with Gasteiger partial charge in [-0.05, 0) is 18.4 Å². The van der Waals surface area contributed by atoms with Crippen LogP contribution in [0, 0.1) is 17.2 Å². The van der Waals surface area contributed by atoms with Gasteiger partial charge >= 0.3 is 0 Å². The zero-order valence-corrected chi connectivity index (χ0v) is 6.89. The van der Waals surface area contributed by atoms with Crippen molar-refractivity contribution in [2.45, 2.75) is 6.92 Å². The number of hydrogen-bond acceptors (Lipinski definition) is 3. The third-order valence-electron chi connectivity index (χ3n) is 1.39. The second-order valence-corrected chi connectivity index (χ2v) is 3.01. The summed E-state index contributed by atoms with van der Waals surface area (Å²) in [5.74, 6) is -0.613. The van der Waals surface area contributed by atoms with Crippen LogP contribution in [0.15, 0.2) is 16.8 Å². The molecule has 0 N–H and O–H groups in total. The molecule has 0 radical (unpaired) electrons. The first-order chi connectivity index (χ1) is 5.25. The largest absolute Gasteiger partial charge is 0.293 e. The lowest BCUT2D eigenvalue weighted by Gasteiger charge is -1.96. The van der Waals surface area contributed by atoms with Crippen molar-refractivity contribution < 1.29 is 4.79 Å².